The summed E-state index contributed by atoms with van der Waals surface area (Å²) < 4.78 is 20.2. The summed E-state index contributed by atoms with van der Waals surface area (Å²) in [6.45, 7) is 0. The molecule has 0 saturated heterocycles. The first-order chi connectivity index (χ1) is 17.9. The van der Waals surface area contributed by atoms with Crippen LogP contribution in [-0.2, 0) is 0 Å². The van der Waals surface area contributed by atoms with Crippen molar-refractivity contribution < 1.29 is 18.7 Å². The van der Waals surface area contributed by atoms with Gasteiger partial charge in [-0.1, -0.05) is 0 Å². The van der Waals surface area contributed by atoms with Crippen LogP contribution in [0.2, 0.25) is 0 Å². The zero-order valence-corrected chi connectivity index (χ0v) is 22.4. The van der Waals surface area contributed by atoms with Crippen LogP contribution in [0.25, 0.3) is 0 Å². The molecule has 0 bridgehead atoms. The van der Waals surface area contributed by atoms with Crippen LogP contribution in [0, 0.1) is 0 Å². The van der Waals surface area contributed by atoms with E-state index in [0.717, 1.165) is 0 Å². The summed E-state index contributed by atoms with van der Waals surface area (Å²) >= 11 is 0. The molecule has 37 heavy (non-hydrogen) atoms. The average Bonchev–Trinajstić information content (AvgIpc) is 2.91. The van der Waals surface area contributed by atoms with Gasteiger partial charge >= 0.3 is 217 Å². The number of para-hydroxylation sites is 4. The fourth-order valence-corrected chi connectivity index (χ4v) is 11.7. The Hall–Kier alpha value is -3.03. The fourth-order valence-electron chi connectivity index (χ4n) is 3.39. The topological polar surface area (TPSA) is 134 Å². The van der Waals surface area contributed by atoms with Gasteiger partial charge in [0.1, 0.15) is 0 Å². The summed E-state index contributed by atoms with van der Waals surface area (Å²) in [7, 11) is -9.38. The first kappa shape index (κ1) is 25.6. The van der Waals surface area contributed by atoms with Crippen LogP contribution < -0.4 is 35.2 Å². The Balaban J connectivity index is 1.64. The Kier molecular flexibility index (Phi) is 7.72. The monoisotopic (exact) mass is 556 g/mol. The zero-order valence-electron chi connectivity index (χ0n) is 19.6. The SMILES string of the molecule is NP1(N)=NP(Oc2ccccc2)N(Oc2ccccc2)[PH](N)(Oc2ccccc2)N1Oc1ccccc1. The van der Waals surface area contributed by atoms with Crippen LogP contribution in [0.3, 0.4) is 0 Å². The van der Waals surface area contributed by atoms with Crippen LogP contribution in [0.1, 0.15) is 0 Å². The molecule has 4 aromatic rings. The molecule has 0 aliphatic carbocycles. The molecular weight excluding hydrogens is 529 g/mol. The van der Waals surface area contributed by atoms with E-state index < -0.39 is 23.9 Å². The molecule has 4 aromatic carbocycles. The molecular formula is C24H27N6O4P3. The van der Waals surface area contributed by atoms with Gasteiger partial charge in [-0.2, -0.15) is 0 Å². The maximum atomic E-state index is 7.16. The van der Waals surface area contributed by atoms with Gasteiger partial charge in [-0.15, -0.1) is 0 Å². The van der Waals surface area contributed by atoms with E-state index in [9.17, 15) is 0 Å². The van der Waals surface area contributed by atoms with Crippen molar-refractivity contribution in [3.63, 3.8) is 0 Å². The van der Waals surface area contributed by atoms with Crippen LogP contribution in [0.15, 0.2) is 126 Å². The van der Waals surface area contributed by atoms with Gasteiger partial charge in [0.05, 0.1) is 0 Å². The summed E-state index contributed by atoms with van der Waals surface area (Å²) in [5.41, 5.74) is 20.5. The van der Waals surface area contributed by atoms with E-state index in [1.807, 2.05) is 72.8 Å². The van der Waals surface area contributed by atoms with Crippen LogP contribution >= 0.6 is 23.9 Å². The van der Waals surface area contributed by atoms with Crippen molar-refractivity contribution in [2.75, 3.05) is 0 Å². The summed E-state index contributed by atoms with van der Waals surface area (Å²) in [5.74, 6) is 2.00. The summed E-state index contributed by atoms with van der Waals surface area (Å²) in [5, 5.41) is 0. The molecule has 1 heterocycles. The minimum absolute atomic E-state index is 0.465. The molecule has 6 N–H and O–H groups in total. The predicted octanol–water partition coefficient (Wildman–Crippen LogP) is 6.21. The van der Waals surface area contributed by atoms with Gasteiger partial charge in [0.25, 0.3) is 0 Å². The Labute approximate surface area is 217 Å². The van der Waals surface area contributed by atoms with E-state index in [4.69, 9.17) is 35.2 Å². The molecule has 0 aromatic heterocycles. The van der Waals surface area contributed by atoms with Crippen molar-refractivity contribution in [2.24, 2.45) is 21.0 Å². The third-order valence-corrected chi connectivity index (χ3v) is 13.2. The zero-order chi connectivity index (χ0) is 25.7. The normalized spacial score (nSPS) is 19.7. The van der Waals surface area contributed by atoms with E-state index in [1.165, 1.54) is 9.21 Å². The van der Waals surface area contributed by atoms with Gasteiger partial charge in [-0.3, -0.25) is 0 Å². The second-order valence-corrected chi connectivity index (χ2v) is 14.5. The Morgan fingerprint density at radius 2 is 1.05 bits per heavy atom. The van der Waals surface area contributed by atoms with Gasteiger partial charge in [0.15, 0.2) is 0 Å². The summed E-state index contributed by atoms with van der Waals surface area (Å²) in [6, 6.07) is 36.5. The maximum absolute atomic E-state index is 7.16. The minimum atomic E-state index is -4.02. The first-order valence-electron chi connectivity index (χ1n) is 11.3. The van der Waals surface area contributed by atoms with Gasteiger partial charge < -0.3 is 0 Å². The van der Waals surface area contributed by atoms with E-state index in [0.29, 0.717) is 23.0 Å². The van der Waals surface area contributed by atoms with E-state index in [1.54, 1.807) is 48.5 Å². The van der Waals surface area contributed by atoms with Crippen LogP contribution in [0.4, 0.5) is 0 Å². The van der Waals surface area contributed by atoms with Crippen molar-refractivity contribution in [3.05, 3.63) is 121 Å². The van der Waals surface area contributed by atoms with Gasteiger partial charge in [0, 0.05) is 0 Å². The van der Waals surface area contributed by atoms with E-state index >= 15 is 0 Å². The van der Waals surface area contributed by atoms with Crippen molar-refractivity contribution in [3.8, 4) is 23.0 Å². The molecule has 0 amide bonds. The Morgan fingerprint density at radius 3 is 1.57 bits per heavy atom. The second-order valence-electron chi connectivity index (χ2n) is 7.88. The van der Waals surface area contributed by atoms with Crippen LogP contribution in [0.5, 0.6) is 23.0 Å². The number of nitrogens with zero attached hydrogens (tertiary/aromatic N) is 3. The molecule has 5 rings (SSSR count). The van der Waals surface area contributed by atoms with Crippen molar-refractivity contribution in [1.29, 1.82) is 0 Å². The Bertz CT molecular complexity index is 1350. The van der Waals surface area contributed by atoms with E-state index in [2.05, 4.69) is 4.52 Å². The molecule has 192 valence electrons. The number of rotatable bonds is 8. The molecule has 0 radical (unpaired) electrons. The molecule has 1 aliphatic heterocycles. The van der Waals surface area contributed by atoms with Crippen LogP contribution in [-0.4, -0.2) is 9.21 Å². The van der Waals surface area contributed by atoms with Crippen molar-refractivity contribution in [2.45, 2.75) is 0 Å². The standard InChI is InChI=1S/C24H27N6O4P3/c25-36(26)28-35(33-23-17-9-3-10-18-23)29(31-21-13-5-1-6-14-21)37(27,34-24-19-11-4-12-20-24)30(36)32-22-15-7-2-8-16-22/h1-20,37H,25-27H2. The average molecular weight is 556 g/mol. The Morgan fingerprint density at radius 1 is 0.622 bits per heavy atom. The molecule has 10 nitrogen and oxygen atoms in total. The quantitative estimate of drug-likeness (QED) is 0.217. The molecule has 0 saturated carbocycles. The molecule has 0 fully saturated rings. The summed E-state index contributed by atoms with van der Waals surface area (Å²) in [4.78, 5) is 12.5. The molecule has 13 heteroatoms. The van der Waals surface area contributed by atoms with E-state index in [-0.39, 0.29) is 0 Å². The summed E-state index contributed by atoms with van der Waals surface area (Å²) in [6.07, 6.45) is 0. The number of benzene rings is 4. The van der Waals surface area contributed by atoms with Crippen molar-refractivity contribution >= 4 is 23.9 Å². The van der Waals surface area contributed by atoms with Gasteiger partial charge in [0.2, 0.25) is 0 Å². The first-order valence-corrected chi connectivity index (χ1v) is 16.1. The molecule has 1 unspecified atom stereocenters. The third kappa shape index (κ3) is 5.94. The molecule has 1 atom stereocenters. The molecule has 0 spiro atoms. The fraction of sp³-hybridized carbons (Fsp3) is 0. The van der Waals surface area contributed by atoms with Gasteiger partial charge in [-0.25, -0.2) is 0 Å². The van der Waals surface area contributed by atoms with Gasteiger partial charge in [-0.05, 0) is 0 Å². The second kappa shape index (κ2) is 11.2. The number of nitrogens with two attached hydrogens (primary N) is 3. The third-order valence-electron chi connectivity index (χ3n) is 5.03. The molecule has 1 aliphatic rings. The number of hydrogen-bond acceptors (Lipinski definition) is 10. The predicted molar refractivity (Wildman–Crippen MR) is 149 cm³/mol. The van der Waals surface area contributed by atoms with Crippen molar-refractivity contribution in [1.82, 2.24) is 9.21 Å². The number of hydrogen-bond donors (Lipinski definition) is 3.